The minimum atomic E-state index is -0.638. The van der Waals surface area contributed by atoms with Gasteiger partial charge < -0.3 is 4.74 Å². The highest BCUT2D eigenvalue weighted by Crippen LogP contribution is 2.33. The Morgan fingerprint density at radius 3 is 2.59 bits per heavy atom. The van der Waals surface area contributed by atoms with Crippen molar-refractivity contribution >= 4 is 22.8 Å². The van der Waals surface area contributed by atoms with Gasteiger partial charge in [-0.15, -0.1) is 0 Å². The van der Waals surface area contributed by atoms with Gasteiger partial charge >= 0.3 is 6.09 Å². The zero-order chi connectivity index (χ0) is 21.3. The first-order chi connectivity index (χ1) is 13.6. The highest BCUT2D eigenvalue weighted by molar-refractivity contribution is 6.00. The maximum Gasteiger partial charge on any atom is 0.412 e. The zero-order valence-corrected chi connectivity index (χ0v) is 17.6. The van der Waals surface area contributed by atoms with E-state index in [0.717, 1.165) is 16.9 Å². The molecule has 0 fully saturated rings. The van der Waals surface area contributed by atoms with Crippen LogP contribution in [0.15, 0.2) is 30.3 Å². The van der Waals surface area contributed by atoms with Crippen molar-refractivity contribution in [2.24, 2.45) is 0 Å². The van der Waals surface area contributed by atoms with Crippen molar-refractivity contribution in [1.82, 2.24) is 14.8 Å². The number of aromatic nitrogens is 3. The maximum atomic E-state index is 12.4. The highest BCUT2D eigenvalue weighted by Gasteiger charge is 2.23. The molecule has 150 valence electrons. The zero-order valence-electron chi connectivity index (χ0n) is 17.6. The number of fused-ring (bicyclic) bond motifs is 1. The van der Waals surface area contributed by atoms with Gasteiger partial charge in [-0.3, -0.25) is 5.32 Å². The van der Waals surface area contributed by atoms with E-state index in [1.165, 1.54) is 0 Å². The molecule has 1 aromatic carbocycles. The van der Waals surface area contributed by atoms with Crippen LogP contribution in [0.5, 0.6) is 0 Å². The Morgan fingerprint density at radius 1 is 1.28 bits per heavy atom. The molecule has 1 N–H and O–H groups in total. The summed E-state index contributed by atoms with van der Waals surface area (Å²) in [4.78, 5) is 16.9. The van der Waals surface area contributed by atoms with E-state index in [2.05, 4.69) is 16.4 Å². The quantitative estimate of drug-likeness (QED) is 0.673. The largest absolute Gasteiger partial charge is 0.444 e. The third kappa shape index (κ3) is 4.37. The van der Waals surface area contributed by atoms with E-state index in [4.69, 9.17) is 9.84 Å². The maximum absolute atomic E-state index is 12.4. The van der Waals surface area contributed by atoms with E-state index in [-0.39, 0.29) is 11.6 Å². The number of benzene rings is 1. The van der Waals surface area contributed by atoms with Crippen molar-refractivity contribution < 1.29 is 9.53 Å². The first-order valence-corrected chi connectivity index (χ1v) is 9.50. The summed E-state index contributed by atoms with van der Waals surface area (Å²) >= 11 is 0. The van der Waals surface area contributed by atoms with E-state index in [9.17, 15) is 10.1 Å². The minimum absolute atomic E-state index is 0.0810. The molecule has 0 aliphatic rings. The van der Waals surface area contributed by atoms with Crippen LogP contribution in [0.1, 0.15) is 57.5 Å². The number of aryl methyl sites for hydroxylation is 1. The van der Waals surface area contributed by atoms with Gasteiger partial charge in [0.2, 0.25) is 0 Å². The van der Waals surface area contributed by atoms with Crippen molar-refractivity contribution in [2.45, 2.75) is 53.1 Å². The molecule has 0 saturated heterocycles. The van der Waals surface area contributed by atoms with Gasteiger partial charge in [-0.05, 0) is 57.4 Å². The fraction of sp³-hybridized carbons (Fsp3) is 0.364. The summed E-state index contributed by atoms with van der Waals surface area (Å²) < 4.78 is 7.11. The second kappa shape index (κ2) is 7.55. The van der Waals surface area contributed by atoms with E-state index in [0.29, 0.717) is 16.7 Å². The summed E-state index contributed by atoms with van der Waals surface area (Å²) in [5, 5.41) is 17.7. The third-order valence-electron chi connectivity index (χ3n) is 4.21. The summed E-state index contributed by atoms with van der Waals surface area (Å²) in [6.07, 6.45) is -0.591. The Morgan fingerprint density at radius 2 is 2.00 bits per heavy atom. The lowest BCUT2D eigenvalue weighted by molar-refractivity contribution is 0.0636. The average molecular weight is 391 g/mol. The Hall–Kier alpha value is -3.40. The molecular weight excluding hydrogens is 366 g/mol. The number of nitrogens with one attached hydrogen (secondary N) is 1. The van der Waals surface area contributed by atoms with Gasteiger partial charge in [-0.1, -0.05) is 26.0 Å². The molecule has 3 aromatic rings. The third-order valence-corrected chi connectivity index (χ3v) is 4.21. The van der Waals surface area contributed by atoms with E-state index < -0.39 is 11.7 Å². The number of pyridine rings is 1. The molecule has 0 atom stereocenters. The number of ether oxygens (including phenoxy) is 1. The van der Waals surface area contributed by atoms with Crippen LogP contribution in [0.25, 0.3) is 16.7 Å². The summed E-state index contributed by atoms with van der Waals surface area (Å²) in [6.45, 7) is 11.4. The monoisotopic (exact) mass is 391 g/mol. The lowest BCUT2D eigenvalue weighted by Gasteiger charge is -2.20. The number of anilines is 1. The van der Waals surface area contributed by atoms with Crippen LogP contribution in [-0.2, 0) is 4.74 Å². The predicted molar refractivity (Wildman–Crippen MR) is 112 cm³/mol. The smallest absolute Gasteiger partial charge is 0.412 e. The number of amides is 1. The fourth-order valence-electron chi connectivity index (χ4n) is 3.06. The number of rotatable bonds is 3. The predicted octanol–water partition coefficient (Wildman–Crippen LogP) is 5.07. The first-order valence-electron chi connectivity index (χ1n) is 9.50. The molecule has 0 saturated carbocycles. The Bertz CT molecular complexity index is 1120. The molecule has 0 bridgehead atoms. The van der Waals surface area contributed by atoms with Crippen molar-refractivity contribution in [3.8, 4) is 11.8 Å². The molecule has 0 unspecified atom stereocenters. The van der Waals surface area contributed by atoms with E-state index in [1.807, 2.05) is 45.0 Å². The Labute approximate surface area is 170 Å². The van der Waals surface area contributed by atoms with Crippen molar-refractivity contribution in [3.63, 3.8) is 0 Å². The van der Waals surface area contributed by atoms with Gasteiger partial charge in [0.15, 0.2) is 5.65 Å². The molecule has 2 heterocycles. The molecule has 3 rings (SSSR count). The highest BCUT2D eigenvalue weighted by atomic mass is 16.6. The molecule has 7 nitrogen and oxygen atoms in total. The SMILES string of the molecule is Cc1cccc(-n2nc(C(C)C)c3c(NC(=O)OC(C)(C)C)cc(C#N)nc32)c1. The topological polar surface area (TPSA) is 92.8 Å². The van der Waals surface area contributed by atoms with Gasteiger partial charge in [-0.2, -0.15) is 10.4 Å². The molecule has 0 radical (unpaired) electrons. The Kier molecular flexibility index (Phi) is 5.29. The van der Waals surface area contributed by atoms with Crippen molar-refractivity contribution in [3.05, 3.63) is 47.3 Å². The van der Waals surface area contributed by atoms with Crippen molar-refractivity contribution in [2.75, 3.05) is 5.32 Å². The average Bonchev–Trinajstić information content (AvgIpc) is 3.00. The number of carbonyl (C=O) groups is 1. The number of hydrogen-bond acceptors (Lipinski definition) is 5. The van der Waals surface area contributed by atoms with Gasteiger partial charge in [0.25, 0.3) is 0 Å². The Balaban J connectivity index is 2.24. The van der Waals surface area contributed by atoms with Crippen molar-refractivity contribution in [1.29, 1.82) is 5.26 Å². The van der Waals surface area contributed by atoms with E-state index >= 15 is 0 Å². The standard InChI is InChI=1S/C22H25N5O2/c1-13(2)19-18-17(25-21(28)29-22(4,5)6)11-15(12-23)24-20(18)27(26-19)16-9-7-8-14(3)10-16/h7-11,13H,1-6H3,(H,24,25,28). The number of carbonyl (C=O) groups excluding carboxylic acids is 1. The van der Waals surface area contributed by atoms with Crippen LogP contribution in [0.2, 0.25) is 0 Å². The van der Waals surface area contributed by atoms with Crippen LogP contribution in [0, 0.1) is 18.3 Å². The molecule has 2 aromatic heterocycles. The lowest BCUT2D eigenvalue weighted by atomic mass is 10.1. The molecule has 0 aliphatic heterocycles. The molecule has 1 amide bonds. The second-order valence-electron chi connectivity index (χ2n) is 8.28. The number of hydrogen-bond donors (Lipinski definition) is 1. The van der Waals surface area contributed by atoms with Crippen LogP contribution >= 0.6 is 0 Å². The summed E-state index contributed by atoms with van der Waals surface area (Å²) in [5.41, 5.74) is 3.24. The molecular formula is C22H25N5O2. The van der Waals surface area contributed by atoms with Crippen LogP contribution < -0.4 is 5.32 Å². The summed E-state index contributed by atoms with van der Waals surface area (Å²) in [5.74, 6) is 0.0810. The lowest BCUT2D eigenvalue weighted by Crippen LogP contribution is -2.27. The summed E-state index contributed by atoms with van der Waals surface area (Å²) in [7, 11) is 0. The molecule has 0 aliphatic carbocycles. The fourth-order valence-corrected chi connectivity index (χ4v) is 3.06. The van der Waals surface area contributed by atoms with Crippen LogP contribution in [-0.4, -0.2) is 26.5 Å². The normalized spacial score (nSPS) is 11.5. The van der Waals surface area contributed by atoms with Gasteiger partial charge in [0.1, 0.15) is 17.4 Å². The van der Waals surface area contributed by atoms with Crippen LogP contribution in [0.3, 0.4) is 0 Å². The summed E-state index contributed by atoms with van der Waals surface area (Å²) in [6, 6.07) is 11.5. The number of nitriles is 1. The number of nitrogens with zero attached hydrogens (tertiary/aromatic N) is 4. The molecule has 0 spiro atoms. The molecule has 29 heavy (non-hydrogen) atoms. The van der Waals surface area contributed by atoms with E-state index in [1.54, 1.807) is 31.5 Å². The van der Waals surface area contributed by atoms with Gasteiger partial charge in [0.05, 0.1) is 22.5 Å². The molecule has 7 heteroatoms. The minimum Gasteiger partial charge on any atom is -0.444 e. The van der Waals surface area contributed by atoms with Crippen LogP contribution in [0.4, 0.5) is 10.5 Å². The van der Waals surface area contributed by atoms with Gasteiger partial charge in [0, 0.05) is 0 Å². The first kappa shape index (κ1) is 20.3. The van der Waals surface area contributed by atoms with Gasteiger partial charge in [-0.25, -0.2) is 14.5 Å². The second-order valence-corrected chi connectivity index (χ2v) is 8.28.